The minimum atomic E-state index is -1.59. The highest BCUT2D eigenvalue weighted by atomic mass is 19.2. The van der Waals surface area contributed by atoms with Gasteiger partial charge in [0, 0.05) is 17.5 Å². The number of hydrogen-bond donors (Lipinski definition) is 1. The predicted molar refractivity (Wildman–Crippen MR) is 137 cm³/mol. The van der Waals surface area contributed by atoms with Gasteiger partial charge < -0.3 is 24.3 Å². The van der Waals surface area contributed by atoms with Crippen molar-refractivity contribution in [1.29, 1.82) is 0 Å². The van der Waals surface area contributed by atoms with Crippen LogP contribution in [0.1, 0.15) is 44.6 Å². The zero-order chi connectivity index (χ0) is 29.1. The zero-order valence-corrected chi connectivity index (χ0v) is 22.3. The molecule has 218 valence electrons. The molecule has 3 heterocycles. The number of esters is 1. The van der Waals surface area contributed by atoms with Crippen LogP contribution >= 0.6 is 0 Å². The molecule has 0 saturated carbocycles. The highest BCUT2D eigenvalue weighted by Crippen LogP contribution is 2.39. The number of hydrogen-bond acceptors (Lipinski definition) is 8. The van der Waals surface area contributed by atoms with Crippen molar-refractivity contribution in [3.05, 3.63) is 71.7 Å². The summed E-state index contributed by atoms with van der Waals surface area (Å²) in [5.74, 6) is -5.38. The standard InChI is InChI=1S/C28H29F3N4O6/c1-3-19(27(37)38-4-2)32-26(36)22-12-21(25-23(40-22)14-39-28(41-25)15-8-6-5-7-9-15)35-13-20(33-34-35)16-10-17(29)24(31)18(30)11-16/h5-11,13,19,21-23,25,28H,3-4,12,14H2,1-2H3,(H,32,36)/t19?,21-,22-,23-,25-,28?/m1/s1. The van der Waals surface area contributed by atoms with Crippen LogP contribution in [0.25, 0.3) is 11.3 Å². The molecule has 6 atom stereocenters. The topological polar surface area (TPSA) is 114 Å². The number of carbonyl (C=O) groups is 2. The van der Waals surface area contributed by atoms with Crippen LogP contribution in [0.3, 0.4) is 0 Å². The van der Waals surface area contributed by atoms with Crippen molar-refractivity contribution in [2.75, 3.05) is 13.2 Å². The summed E-state index contributed by atoms with van der Waals surface area (Å²) in [7, 11) is 0. The number of ether oxygens (including phenoxy) is 4. The van der Waals surface area contributed by atoms with Gasteiger partial charge in [-0.2, -0.15) is 0 Å². The second kappa shape index (κ2) is 12.4. The number of halogens is 3. The fourth-order valence-electron chi connectivity index (χ4n) is 4.94. The maximum atomic E-state index is 13.9. The van der Waals surface area contributed by atoms with E-state index < -0.39 is 66.0 Å². The van der Waals surface area contributed by atoms with Crippen LogP contribution in [-0.4, -0.2) is 64.4 Å². The molecule has 2 saturated heterocycles. The molecule has 2 unspecified atom stereocenters. The van der Waals surface area contributed by atoms with Gasteiger partial charge in [0.1, 0.15) is 30.0 Å². The summed E-state index contributed by atoms with van der Waals surface area (Å²) in [5.41, 5.74) is 0.856. The van der Waals surface area contributed by atoms with Gasteiger partial charge in [-0.05, 0) is 25.5 Å². The van der Waals surface area contributed by atoms with Crippen LogP contribution < -0.4 is 5.32 Å². The number of rotatable bonds is 8. The fraction of sp³-hybridized carbons (Fsp3) is 0.429. The average Bonchev–Trinajstić information content (AvgIpc) is 3.48. The van der Waals surface area contributed by atoms with Crippen molar-refractivity contribution in [3.8, 4) is 11.3 Å². The summed E-state index contributed by atoms with van der Waals surface area (Å²) in [6.07, 6.45) is -1.25. The van der Waals surface area contributed by atoms with Crippen molar-refractivity contribution < 1.29 is 41.7 Å². The van der Waals surface area contributed by atoms with Crippen LogP contribution in [0.2, 0.25) is 0 Å². The number of nitrogens with one attached hydrogen (secondary N) is 1. The van der Waals surface area contributed by atoms with E-state index in [0.29, 0.717) is 6.42 Å². The van der Waals surface area contributed by atoms with E-state index in [9.17, 15) is 22.8 Å². The molecule has 2 fully saturated rings. The van der Waals surface area contributed by atoms with Crippen LogP contribution in [0, 0.1) is 17.5 Å². The molecular weight excluding hydrogens is 545 g/mol. The molecule has 10 nitrogen and oxygen atoms in total. The molecule has 0 aliphatic carbocycles. The summed E-state index contributed by atoms with van der Waals surface area (Å²) in [6, 6.07) is 9.44. The number of aromatic nitrogens is 3. The Bertz CT molecular complexity index is 1370. The zero-order valence-electron chi connectivity index (χ0n) is 22.3. The van der Waals surface area contributed by atoms with Crippen molar-refractivity contribution in [1.82, 2.24) is 20.3 Å². The van der Waals surface area contributed by atoms with Crippen molar-refractivity contribution in [3.63, 3.8) is 0 Å². The number of benzene rings is 2. The quantitative estimate of drug-likeness (QED) is 0.321. The predicted octanol–water partition coefficient (Wildman–Crippen LogP) is 3.63. The first kappa shape index (κ1) is 28.7. The van der Waals surface area contributed by atoms with Gasteiger partial charge in [-0.15, -0.1) is 5.10 Å². The number of carbonyl (C=O) groups excluding carboxylic acids is 2. The Morgan fingerprint density at radius 1 is 1.12 bits per heavy atom. The molecule has 3 aromatic rings. The average molecular weight is 575 g/mol. The molecule has 2 aromatic carbocycles. The third kappa shape index (κ3) is 6.11. The second-order valence-corrected chi connectivity index (χ2v) is 9.70. The molecule has 1 amide bonds. The van der Waals surface area contributed by atoms with Gasteiger partial charge in [0.15, 0.2) is 23.7 Å². The summed E-state index contributed by atoms with van der Waals surface area (Å²) in [5, 5.41) is 10.9. The lowest BCUT2D eigenvalue weighted by Gasteiger charge is -2.45. The van der Waals surface area contributed by atoms with Crippen molar-refractivity contribution in [2.45, 2.75) is 63.4 Å². The third-order valence-corrected chi connectivity index (χ3v) is 7.02. The van der Waals surface area contributed by atoms with E-state index in [2.05, 4.69) is 15.6 Å². The molecule has 0 bridgehead atoms. The first-order valence-corrected chi connectivity index (χ1v) is 13.3. The monoisotopic (exact) mass is 574 g/mol. The van der Waals surface area contributed by atoms with Gasteiger partial charge in [-0.25, -0.2) is 22.6 Å². The van der Waals surface area contributed by atoms with Crippen LogP contribution in [0.5, 0.6) is 0 Å². The van der Waals surface area contributed by atoms with Gasteiger partial charge in [-0.1, -0.05) is 42.5 Å². The van der Waals surface area contributed by atoms with Crippen molar-refractivity contribution in [2.24, 2.45) is 0 Å². The molecular formula is C28H29F3N4O6. The number of fused-ring (bicyclic) bond motifs is 1. The molecule has 41 heavy (non-hydrogen) atoms. The summed E-state index contributed by atoms with van der Waals surface area (Å²) < 4.78 is 66.1. The van der Waals surface area contributed by atoms with Crippen LogP contribution in [-0.2, 0) is 28.5 Å². The summed E-state index contributed by atoms with van der Waals surface area (Å²) in [6.45, 7) is 3.68. The third-order valence-electron chi connectivity index (χ3n) is 7.02. The number of amides is 1. The van der Waals surface area contributed by atoms with Gasteiger partial charge >= 0.3 is 5.97 Å². The molecule has 1 aromatic heterocycles. The number of nitrogens with zero attached hydrogens (tertiary/aromatic N) is 3. The Morgan fingerprint density at radius 3 is 2.54 bits per heavy atom. The second-order valence-electron chi connectivity index (χ2n) is 9.70. The Morgan fingerprint density at radius 2 is 1.85 bits per heavy atom. The Kier molecular flexibility index (Phi) is 8.66. The first-order valence-electron chi connectivity index (χ1n) is 13.3. The smallest absolute Gasteiger partial charge is 0.328 e. The van der Waals surface area contributed by atoms with Crippen molar-refractivity contribution >= 4 is 11.9 Å². The van der Waals surface area contributed by atoms with Gasteiger partial charge in [-0.3, -0.25) is 4.79 Å². The van der Waals surface area contributed by atoms with E-state index in [1.165, 1.54) is 10.9 Å². The summed E-state index contributed by atoms with van der Waals surface area (Å²) in [4.78, 5) is 25.5. The van der Waals surface area contributed by atoms with E-state index in [-0.39, 0.29) is 30.9 Å². The first-order chi connectivity index (χ1) is 19.8. The van der Waals surface area contributed by atoms with Gasteiger partial charge in [0.25, 0.3) is 0 Å². The van der Waals surface area contributed by atoms with E-state index in [4.69, 9.17) is 18.9 Å². The largest absolute Gasteiger partial charge is 0.464 e. The molecule has 0 radical (unpaired) electrons. The normalized spacial score (nSPS) is 24.8. The minimum Gasteiger partial charge on any atom is -0.464 e. The van der Waals surface area contributed by atoms with Gasteiger partial charge in [0.05, 0.1) is 25.5 Å². The molecule has 5 rings (SSSR count). The lowest BCUT2D eigenvalue weighted by Crippen LogP contribution is -2.57. The molecule has 2 aliphatic rings. The fourth-order valence-corrected chi connectivity index (χ4v) is 4.94. The van der Waals surface area contributed by atoms with Gasteiger partial charge in [0.2, 0.25) is 5.91 Å². The SMILES string of the molecule is CCOC(=O)C(CC)NC(=O)[C@H]1C[C@@H](n2cc(-c3cc(F)c(F)c(F)c3)nn2)[C@H]2OC(c3ccccc3)OC[C@H]2O1. The lowest BCUT2D eigenvalue weighted by atomic mass is 9.93. The maximum Gasteiger partial charge on any atom is 0.328 e. The van der Waals surface area contributed by atoms with E-state index in [1.807, 2.05) is 30.3 Å². The van der Waals surface area contributed by atoms with E-state index >= 15 is 0 Å². The minimum absolute atomic E-state index is 0.0131. The molecule has 13 heteroatoms. The van der Waals surface area contributed by atoms with Crippen LogP contribution in [0.15, 0.2) is 48.7 Å². The molecule has 1 N–H and O–H groups in total. The van der Waals surface area contributed by atoms with E-state index in [1.54, 1.807) is 13.8 Å². The molecule has 2 aliphatic heterocycles. The Hall–Kier alpha value is -3.81. The Labute approximate surface area is 233 Å². The highest BCUT2D eigenvalue weighted by molar-refractivity contribution is 5.87. The lowest BCUT2D eigenvalue weighted by molar-refractivity contribution is -0.297. The summed E-state index contributed by atoms with van der Waals surface area (Å²) >= 11 is 0. The maximum absolute atomic E-state index is 13.9. The van der Waals surface area contributed by atoms with Crippen LogP contribution in [0.4, 0.5) is 13.2 Å². The Balaban J connectivity index is 1.42. The van der Waals surface area contributed by atoms with E-state index in [0.717, 1.165) is 17.7 Å². The highest BCUT2D eigenvalue weighted by Gasteiger charge is 2.48. The molecule has 0 spiro atoms.